The number of amides is 2. The fourth-order valence-electron chi connectivity index (χ4n) is 3.51. The summed E-state index contributed by atoms with van der Waals surface area (Å²) in [6.45, 7) is 4.40. The molecule has 0 spiro atoms. The second-order valence-corrected chi connectivity index (χ2v) is 10.5. The van der Waals surface area contributed by atoms with Crippen molar-refractivity contribution in [1.82, 2.24) is 14.9 Å². The Morgan fingerprint density at radius 3 is 2.48 bits per heavy atom. The molecule has 1 atom stereocenters. The Kier molecular flexibility index (Phi) is 7.88. The summed E-state index contributed by atoms with van der Waals surface area (Å²) in [7, 11) is -3.65. The van der Waals surface area contributed by atoms with Gasteiger partial charge in [0.2, 0.25) is 15.9 Å². The lowest BCUT2D eigenvalue weighted by molar-refractivity contribution is -0.124. The second kappa shape index (κ2) is 10.4. The highest BCUT2D eigenvalue weighted by Crippen LogP contribution is 2.27. The Labute approximate surface area is 191 Å². The van der Waals surface area contributed by atoms with Gasteiger partial charge in [-0.15, -0.1) is 17.9 Å². The summed E-state index contributed by atoms with van der Waals surface area (Å²) < 4.78 is 27.2. The van der Waals surface area contributed by atoms with E-state index in [1.165, 1.54) is 27.8 Å². The molecular formula is C21H24ClN3O4S2. The van der Waals surface area contributed by atoms with Crippen molar-refractivity contribution in [2.75, 3.05) is 19.6 Å². The van der Waals surface area contributed by atoms with Crippen LogP contribution in [-0.2, 0) is 14.8 Å². The average Bonchev–Trinajstić information content (AvgIpc) is 3.31. The van der Waals surface area contributed by atoms with Crippen molar-refractivity contribution >= 4 is 44.8 Å². The van der Waals surface area contributed by atoms with Crippen molar-refractivity contribution in [1.29, 1.82) is 0 Å². The van der Waals surface area contributed by atoms with Gasteiger partial charge in [-0.1, -0.05) is 23.7 Å². The lowest BCUT2D eigenvalue weighted by atomic mass is 9.89. The van der Waals surface area contributed by atoms with E-state index in [-0.39, 0.29) is 42.3 Å². The van der Waals surface area contributed by atoms with Gasteiger partial charge in [0.05, 0.1) is 9.77 Å². The summed E-state index contributed by atoms with van der Waals surface area (Å²) in [6.07, 6.45) is 2.46. The molecule has 1 aromatic heterocycles. The molecule has 0 aliphatic carbocycles. The minimum atomic E-state index is -3.65. The van der Waals surface area contributed by atoms with E-state index in [2.05, 4.69) is 17.2 Å². The molecule has 2 aromatic rings. The number of carbonyl (C=O) groups is 2. The highest BCUT2D eigenvalue weighted by Gasteiger charge is 2.36. The molecule has 0 radical (unpaired) electrons. The van der Waals surface area contributed by atoms with Crippen LogP contribution in [0.2, 0.25) is 5.02 Å². The SMILES string of the molecule is C=CCNC(=O)C(NC(=O)c1cccs1)C1CCN(S(=O)(=O)c2ccc(Cl)cc2)CC1. The monoisotopic (exact) mass is 481 g/mol. The molecule has 1 aromatic carbocycles. The quantitative estimate of drug-likeness (QED) is 0.567. The third-order valence-corrected chi connectivity index (χ3v) is 8.19. The van der Waals surface area contributed by atoms with E-state index >= 15 is 0 Å². The maximum atomic E-state index is 12.9. The van der Waals surface area contributed by atoms with Gasteiger partial charge < -0.3 is 10.6 Å². The molecule has 1 aliphatic rings. The molecule has 166 valence electrons. The first kappa shape index (κ1) is 23.5. The zero-order chi connectivity index (χ0) is 22.4. The van der Waals surface area contributed by atoms with Crippen LogP contribution < -0.4 is 10.6 Å². The summed E-state index contributed by atoms with van der Waals surface area (Å²) in [5, 5.41) is 7.83. The first-order valence-corrected chi connectivity index (χ1v) is 12.5. The van der Waals surface area contributed by atoms with Crippen molar-refractivity contribution in [3.05, 3.63) is 64.3 Å². The number of piperidine rings is 1. The fourth-order valence-corrected chi connectivity index (χ4v) is 5.73. The molecule has 2 amide bonds. The zero-order valence-corrected chi connectivity index (χ0v) is 19.2. The van der Waals surface area contributed by atoms with Crippen molar-refractivity contribution in [2.45, 2.75) is 23.8 Å². The van der Waals surface area contributed by atoms with Crippen LogP contribution in [0, 0.1) is 5.92 Å². The zero-order valence-electron chi connectivity index (χ0n) is 16.8. The van der Waals surface area contributed by atoms with Gasteiger partial charge in [0, 0.05) is 24.7 Å². The van der Waals surface area contributed by atoms with Crippen molar-refractivity contribution in [3.8, 4) is 0 Å². The second-order valence-electron chi connectivity index (χ2n) is 7.16. The van der Waals surface area contributed by atoms with Crippen LogP contribution >= 0.6 is 22.9 Å². The van der Waals surface area contributed by atoms with Crippen molar-refractivity contribution in [3.63, 3.8) is 0 Å². The third kappa shape index (κ3) is 5.74. The summed E-state index contributed by atoms with van der Waals surface area (Å²) in [4.78, 5) is 26.0. The number of nitrogens with zero attached hydrogens (tertiary/aromatic N) is 1. The van der Waals surface area contributed by atoms with E-state index in [0.717, 1.165) is 0 Å². The van der Waals surface area contributed by atoms with Gasteiger partial charge in [0.1, 0.15) is 6.04 Å². The van der Waals surface area contributed by atoms with Crippen LogP contribution in [0.3, 0.4) is 0 Å². The van der Waals surface area contributed by atoms with Gasteiger partial charge in [-0.25, -0.2) is 8.42 Å². The number of carbonyl (C=O) groups excluding carboxylic acids is 2. The van der Waals surface area contributed by atoms with Gasteiger partial charge in [0.15, 0.2) is 0 Å². The van der Waals surface area contributed by atoms with Crippen LogP contribution in [0.4, 0.5) is 0 Å². The Balaban J connectivity index is 1.70. The maximum absolute atomic E-state index is 12.9. The molecule has 1 fully saturated rings. The molecule has 7 nitrogen and oxygen atoms in total. The lowest BCUT2D eigenvalue weighted by Gasteiger charge is -2.35. The molecule has 1 saturated heterocycles. The Morgan fingerprint density at radius 2 is 1.90 bits per heavy atom. The molecule has 0 saturated carbocycles. The van der Waals surface area contributed by atoms with E-state index in [4.69, 9.17) is 11.6 Å². The van der Waals surface area contributed by atoms with E-state index in [0.29, 0.717) is 22.7 Å². The largest absolute Gasteiger partial charge is 0.351 e. The molecule has 1 aliphatic heterocycles. The third-order valence-electron chi connectivity index (χ3n) is 5.16. The molecular weight excluding hydrogens is 458 g/mol. The van der Waals surface area contributed by atoms with E-state index in [1.807, 2.05) is 0 Å². The number of thiophene rings is 1. The molecule has 0 bridgehead atoms. The van der Waals surface area contributed by atoms with E-state index in [1.54, 1.807) is 35.7 Å². The van der Waals surface area contributed by atoms with Crippen molar-refractivity contribution < 1.29 is 18.0 Å². The van der Waals surface area contributed by atoms with Crippen LogP contribution in [0.1, 0.15) is 22.5 Å². The van der Waals surface area contributed by atoms with Gasteiger partial charge in [-0.2, -0.15) is 4.31 Å². The number of rotatable bonds is 8. The number of halogens is 1. The number of hydrogen-bond donors (Lipinski definition) is 2. The standard InChI is InChI=1S/C21H24ClN3O4S2/c1-2-11-23-21(27)19(24-20(26)18-4-3-14-30-18)15-9-12-25(13-10-15)31(28,29)17-7-5-16(22)6-8-17/h2-8,14-15,19H,1,9-13H2,(H,23,27)(H,24,26). The van der Waals surface area contributed by atoms with Gasteiger partial charge in [-0.05, 0) is 54.5 Å². The number of sulfonamides is 1. The van der Waals surface area contributed by atoms with Crippen molar-refractivity contribution in [2.24, 2.45) is 5.92 Å². The van der Waals surface area contributed by atoms with Gasteiger partial charge in [-0.3, -0.25) is 9.59 Å². The van der Waals surface area contributed by atoms with Gasteiger partial charge in [0.25, 0.3) is 5.91 Å². The molecule has 2 N–H and O–H groups in total. The summed E-state index contributed by atoms with van der Waals surface area (Å²) in [5.74, 6) is -0.806. The Bertz CT molecular complexity index is 1020. The predicted octanol–water partition coefficient (Wildman–Crippen LogP) is 2.90. The van der Waals surface area contributed by atoms with E-state index < -0.39 is 16.1 Å². The number of benzene rings is 1. The van der Waals surface area contributed by atoms with Crippen LogP contribution in [0.15, 0.2) is 59.3 Å². The molecule has 10 heteroatoms. The smallest absolute Gasteiger partial charge is 0.262 e. The highest BCUT2D eigenvalue weighted by atomic mass is 35.5. The molecule has 3 rings (SSSR count). The van der Waals surface area contributed by atoms with E-state index in [9.17, 15) is 18.0 Å². The Hall–Kier alpha value is -2.20. The highest BCUT2D eigenvalue weighted by molar-refractivity contribution is 7.89. The minimum Gasteiger partial charge on any atom is -0.351 e. The normalized spacial score (nSPS) is 16.4. The molecule has 31 heavy (non-hydrogen) atoms. The topological polar surface area (TPSA) is 95.6 Å². The Morgan fingerprint density at radius 1 is 1.23 bits per heavy atom. The van der Waals surface area contributed by atoms with Crippen LogP contribution in [-0.4, -0.2) is 50.2 Å². The first-order valence-electron chi connectivity index (χ1n) is 9.81. The number of nitrogens with one attached hydrogen (secondary N) is 2. The summed E-state index contributed by atoms with van der Waals surface area (Å²) in [6, 6.07) is 8.76. The summed E-state index contributed by atoms with van der Waals surface area (Å²) >= 11 is 7.15. The van der Waals surface area contributed by atoms with Crippen LogP contribution in [0.5, 0.6) is 0 Å². The fraction of sp³-hybridized carbons (Fsp3) is 0.333. The predicted molar refractivity (Wildman–Crippen MR) is 122 cm³/mol. The maximum Gasteiger partial charge on any atom is 0.262 e. The lowest BCUT2D eigenvalue weighted by Crippen LogP contribution is -2.53. The van der Waals surface area contributed by atoms with Gasteiger partial charge >= 0.3 is 0 Å². The average molecular weight is 482 g/mol. The first-order chi connectivity index (χ1) is 14.8. The minimum absolute atomic E-state index is 0.182. The summed E-state index contributed by atoms with van der Waals surface area (Å²) in [5.41, 5.74) is 0. The molecule has 1 unspecified atom stereocenters. The molecule has 2 heterocycles. The number of hydrogen-bond acceptors (Lipinski definition) is 5. The van der Waals surface area contributed by atoms with Crippen LogP contribution in [0.25, 0.3) is 0 Å².